The van der Waals surface area contributed by atoms with E-state index >= 15 is 0 Å². The molecule has 0 spiro atoms. The van der Waals surface area contributed by atoms with Gasteiger partial charge in [-0.05, 0) is 56.5 Å². The summed E-state index contributed by atoms with van der Waals surface area (Å²) in [5.74, 6) is 0.782. The minimum atomic E-state index is -0.746. The Morgan fingerprint density at radius 2 is 2.00 bits per heavy atom. The second kappa shape index (κ2) is 16.6. The van der Waals surface area contributed by atoms with E-state index in [4.69, 9.17) is 14.2 Å². The Morgan fingerprint density at radius 3 is 2.72 bits per heavy atom. The summed E-state index contributed by atoms with van der Waals surface area (Å²) in [4.78, 5) is 29.2. The van der Waals surface area contributed by atoms with Gasteiger partial charge in [-0.2, -0.15) is 0 Å². The van der Waals surface area contributed by atoms with Gasteiger partial charge in [0.2, 0.25) is 11.8 Å². The lowest BCUT2D eigenvalue weighted by Gasteiger charge is -2.43. The highest BCUT2D eigenvalue weighted by atomic mass is 16.5. The van der Waals surface area contributed by atoms with Crippen LogP contribution >= 0.6 is 0 Å². The minimum Gasteiger partial charge on any atom is -0.491 e. The van der Waals surface area contributed by atoms with E-state index in [1.54, 1.807) is 14.0 Å². The number of aliphatic hydroxyl groups excluding tert-OH is 1. The maximum absolute atomic E-state index is 13.5. The summed E-state index contributed by atoms with van der Waals surface area (Å²) in [5.41, 5.74) is 2.31. The van der Waals surface area contributed by atoms with Gasteiger partial charge < -0.3 is 34.9 Å². The summed E-state index contributed by atoms with van der Waals surface area (Å²) in [6.07, 6.45) is 1.90. The lowest BCUT2D eigenvalue weighted by Crippen LogP contribution is -2.71. The maximum atomic E-state index is 13.5. The molecule has 4 aliphatic heterocycles. The SMILES string of the molecule is COCCN(C)C1NC(NC2CCN(C(C)=O)CC2)CC(C(=O)NC[C@@H](O)[C@@H]2Cc3ccc(OCC4OCNC4C)cc3CN2)N1. The second-order valence-corrected chi connectivity index (χ2v) is 13.1. The first-order valence-electron chi connectivity index (χ1n) is 16.7. The molecular weight excluding hydrogens is 592 g/mol. The molecule has 5 unspecified atom stereocenters. The highest BCUT2D eigenvalue weighted by Gasteiger charge is 2.36. The normalized spacial score (nSPS) is 29.4. The number of hydrogen-bond acceptors (Lipinski definition) is 12. The zero-order valence-corrected chi connectivity index (χ0v) is 27.7. The van der Waals surface area contributed by atoms with Gasteiger partial charge >= 0.3 is 0 Å². The Morgan fingerprint density at radius 1 is 1.20 bits per heavy atom. The van der Waals surface area contributed by atoms with E-state index in [0.717, 1.165) is 37.2 Å². The molecule has 3 saturated heterocycles. The van der Waals surface area contributed by atoms with E-state index in [-0.39, 0.29) is 55.0 Å². The minimum absolute atomic E-state index is 0.0329. The molecule has 14 heteroatoms. The molecule has 7 atom stereocenters. The van der Waals surface area contributed by atoms with Gasteiger partial charge in [-0.3, -0.25) is 35.8 Å². The van der Waals surface area contributed by atoms with Gasteiger partial charge in [0.15, 0.2) is 0 Å². The van der Waals surface area contributed by atoms with Crippen molar-refractivity contribution in [3.63, 3.8) is 0 Å². The van der Waals surface area contributed by atoms with Crippen molar-refractivity contribution in [3.05, 3.63) is 29.3 Å². The number of fused-ring (bicyclic) bond motifs is 1. The third kappa shape index (κ3) is 9.36. The van der Waals surface area contributed by atoms with Gasteiger partial charge in [0.05, 0.1) is 31.6 Å². The van der Waals surface area contributed by atoms with Crippen molar-refractivity contribution in [1.29, 1.82) is 0 Å². The van der Waals surface area contributed by atoms with Crippen LogP contribution in [-0.4, -0.2) is 136 Å². The van der Waals surface area contributed by atoms with Gasteiger partial charge in [0.1, 0.15) is 24.8 Å². The van der Waals surface area contributed by atoms with E-state index in [0.29, 0.717) is 45.9 Å². The first-order valence-corrected chi connectivity index (χ1v) is 16.7. The van der Waals surface area contributed by atoms with E-state index in [2.05, 4.69) is 55.9 Å². The number of rotatable bonds is 13. The first kappa shape index (κ1) is 34.9. The Bertz CT molecular complexity index is 1150. The van der Waals surface area contributed by atoms with Crippen LogP contribution in [0, 0.1) is 0 Å². The van der Waals surface area contributed by atoms with Crippen molar-refractivity contribution in [1.82, 2.24) is 41.7 Å². The fourth-order valence-electron chi connectivity index (χ4n) is 6.65. The number of aliphatic hydroxyl groups is 1. The van der Waals surface area contributed by atoms with Crippen molar-refractivity contribution < 1.29 is 28.9 Å². The molecular formula is C32H54N8O6. The molecule has 4 heterocycles. The third-order valence-electron chi connectivity index (χ3n) is 9.77. The van der Waals surface area contributed by atoms with E-state index < -0.39 is 12.1 Å². The number of nitrogens with zero attached hydrogens (tertiary/aromatic N) is 2. The van der Waals surface area contributed by atoms with Crippen molar-refractivity contribution >= 4 is 11.8 Å². The Labute approximate surface area is 272 Å². The van der Waals surface area contributed by atoms with Crippen LogP contribution in [0.25, 0.3) is 0 Å². The first-order chi connectivity index (χ1) is 22.2. The zero-order chi connectivity index (χ0) is 32.6. The Hall–Kier alpha value is -2.40. The molecule has 1 aromatic carbocycles. The molecule has 258 valence electrons. The quantitative estimate of drug-likeness (QED) is 0.135. The number of amides is 2. The summed E-state index contributed by atoms with van der Waals surface area (Å²) < 4.78 is 16.9. The molecule has 4 aliphatic rings. The van der Waals surface area contributed by atoms with E-state index in [9.17, 15) is 14.7 Å². The largest absolute Gasteiger partial charge is 0.491 e. The number of piperidine rings is 1. The number of likely N-dealkylation sites (N-methyl/N-ethyl adjacent to an activating group) is 1. The van der Waals surface area contributed by atoms with Crippen LogP contribution < -0.4 is 36.6 Å². The topological polar surface area (TPSA) is 161 Å². The Balaban J connectivity index is 1.11. The van der Waals surface area contributed by atoms with E-state index in [1.807, 2.05) is 18.0 Å². The van der Waals surface area contributed by atoms with Crippen LogP contribution in [0.4, 0.5) is 0 Å². The molecule has 1 aromatic rings. The molecule has 7 N–H and O–H groups in total. The maximum Gasteiger partial charge on any atom is 0.237 e. The number of carbonyl (C=O) groups excluding carboxylic acids is 2. The van der Waals surface area contributed by atoms with Crippen LogP contribution in [0.15, 0.2) is 18.2 Å². The second-order valence-electron chi connectivity index (χ2n) is 13.1. The summed E-state index contributed by atoms with van der Waals surface area (Å²) >= 11 is 0. The molecule has 0 saturated carbocycles. The van der Waals surface area contributed by atoms with Crippen molar-refractivity contribution in [2.45, 2.75) is 94.9 Å². The van der Waals surface area contributed by atoms with Gasteiger partial charge in [-0.1, -0.05) is 6.07 Å². The summed E-state index contributed by atoms with van der Waals surface area (Å²) in [6.45, 7) is 8.24. The third-order valence-corrected chi connectivity index (χ3v) is 9.77. The summed E-state index contributed by atoms with van der Waals surface area (Å²) in [5, 5.41) is 31.5. The Kier molecular flexibility index (Phi) is 12.6. The monoisotopic (exact) mass is 646 g/mol. The van der Waals surface area contributed by atoms with Gasteiger partial charge in [0.25, 0.3) is 0 Å². The molecule has 0 aliphatic carbocycles. The molecule has 0 bridgehead atoms. The molecule has 3 fully saturated rings. The predicted octanol–water partition coefficient (Wildman–Crippen LogP) is -1.37. The summed E-state index contributed by atoms with van der Waals surface area (Å²) in [7, 11) is 3.66. The number of carbonyl (C=O) groups is 2. The van der Waals surface area contributed by atoms with Crippen LogP contribution in [-0.2, 0) is 32.0 Å². The molecule has 5 rings (SSSR count). The highest BCUT2D eigenvalue weighted by molar-refractivity contribution is 5.82. The molecule has 0 aromatic heterocycles. The number of methoxy groups -OCH3 is 1. The van der Waals surface area contributed by atoms with Gasteiger partial charge in [-0.15, -0.1) is 0 Å². The highest BCUT2D eigenvalue weighted by Crippen LogP contribution is 2.24. The van der Waals surface area contributed by atoms with Gasteiger partial charge in [0, 0.05) is 71.3 Å². The van der Waals surface area contributed by atoms with Gasteiger partial charge in [-0.25, -0.2) is 0 Å². The fourth-order valence-corrected chi connectivity index (χ4v) is 6.65. The zero-order valence-electron chi connectivity index (χ0n) is 27.7. The van der Waals surface area contributed by atoms with Crippen molar-refractivity contribution in [2.75, 3.05) is 60.3 Å². The van der Waals surface area contributed by atoms with E-state index in [1.165, 1.54) is 5.56 Å². The van der Waals surface area contributed by atoms with Crippen LogP contribution in [0.3, 0.4) is 0 Å². The molecule has 0 radical (unpaired) electrons. The van der Waals surface area contributed by atoms with Crippen LogP contribution in [0.2, 0.25) is 0 Å². The van der Waals surface area contributed by atoms with Crippen LogP contribution in [0.1, 0.15) is 44.2 Å². The number of hydrogen-bond donors (Lipinski definition) is 7. The van der Waals surface area contributed by atoms with Crippen molar-refractivity contribution in [2.24, 2.45) is 0 Å². The number of benzene rings is 1. The lowest BCUT2D eigenvalue weighted by atomic mass is 9.92. The predicted molar refractivity (Wildman–Crippen MR) is 173 cm³/mol. The average Bonchev–Trinajstić information content (AvgIpc) is 3.48. The lowest BCUT2D eigenvalue weighted by molar-refractivity contribution is -0.130. The standard InChI is InChI=1S/C32H54N8O6/c1-20-29(46-19-35-20)18-45-25-6-5-22-14-26(33-16-23(22)13-25)28(42)17-34-31(43)27-15-30(38-32(37-27)39(3)11-12-44-4)36-24-7-9-40(10-8-24)21(2)41/h5-6,13,20,24,26-30,32-33,35-38,42H,7-12,14-19H2,1-4H3,(H,34,43)/t20?,26-,27?,28+,29?,30?,32?/m0/s1. The fraction of sp³-hybridized carbons (Fsp3) is 0.750. The average molecular weight is 647 g/mol. The van der Waals surface area contributed by atoms with Crippen LogP contribution in [0.5, 0.6) is 5.75 Å². The molecule has 14 nitrogen and oxygen atoms in total. The molecule has 2 amide bonds. The van der Waals surface area contributed by atoms with Crippen molar-refractivity contribution in [3.8, 4) is 5.75 Å². The number of likely N-dealkylation sites (tertiary alicyclic amines) is 1. The number of ether oxygens (including phenoxy) is 3. The number of nitrogens with one attached hydrogen (secondary N) is 6. The molecule has 46 heavy (non-hydrogen) atoms. The smallest absolute Gasteiger partial charge is 0.237 e. The summed E-state index contributed by atoms with van der Waals surface area (Å²) in [6, 6.07) is 5.98.